The van der Waals surface area contributed by atoms with Crippen molar-refractivity contribution in [2.24, 2.45) is 63.6 Å². The Morgan fingerprint density at radius 2 is 1.43 bits per heavy atom. The van der Waals surface area contributed by atoms with E-state index in [2.05, 4.69) is 0 Å². The Labute approximate surface area is 274 Å². The fourth-order valence-electron chi connectivity index (χ4n) is 12.8. The maximum Gasteiger partial charge on any atom is 0.343 e. The second-order valence-corrected chi connectivity index (χ2v) is 16.4. The van der Waals surface area contributed by atoms with Crippen LogP contribution in [0.2, 0.25) is 0 Å². The summed E-state index contributed by atoms with van der Waals surface area (Å²) >= 11 is 0. The van der Waals surface area contributed by atoms with Crippen LogP contribution in [0.15, 0.2) is 11.8 Å². The van der Waals surface area contributed by atoms with Crippen molar-refractivity contribution < 1.29 is 58.2 Å². The third-order valence-corrected chi connectivity index (χ3v) is 14.4. The average molecular weight is 661 g/mol. The highest BCUT2D eigenvalue weighted by Crippen LogP contribution is 2.76. The van der Waals surface area contributed by atoms with E-state index in [1.807, 2.05) is 33.8 Å². The number of carbonyl (C=O) groups excluding carboxylic acids is 4. The van der Waals surface area contributed by atoms with Gasteiger partial charge in [0.25, 0.3) is 0 Å². The number of hydrogen-bond acceptors (Lipinski definition) is 12. The van der Waals surface area contributed by atoms with Crippen LogP contribution in [-0.4, -0.2) is 87.5 Å². The first-order valence-electron chi connectivity index (χ1n) is 17.0. The molecular formula is C35H48O12. The van der Waals surface area contributed by atoms with Gasteiger partial charge in [0.05, 0.1) is 23.7 Å². The van der Waals surface area contributed by atoms with Crippen LogP contribution in [0.1, 0.15) is 68.7 Å². The number of epoxide rings is 1. The molecule has 2 saturated heterocycles. The van der Waals surface area contributed by atoms with Gasteiger partial charge in [0.1, 0.15) is 30.2 Å². The Morgan fingerprint density at radius 3 is 2.02 bits per heavy atom. The lowest BCUT2D eigenvalue weighted by Crippen LogP contribution is -2.73. The van der Waals surface area contributed by atoms with E-state index in [-0.39, 0.29) is 18.1 Å². The fourth-order valence-corrected chi connectivity index (χ4v) is 12.8. The molecule has 0 bridgehead atoms. The van der Waals surface area contributed by atoms with Crippen LogP contribution >= 0.6 is 0 Å². The Kier molecular flexibility index (Phi) is 7.03. The highest BCUT2D eigenvalue weighted by Gasteiger charge is 2.82. The van der Waals surface area contributed by atoms with E-state index < -0.39 is 118 Å². The molecule has 0 radical (unpaired) electrons. The molecule has 0 aromatic rings. The van der Waals surface area contributed by atoms with E-state index in [1.165, 1.54) is 27.7 Å². The zero-order valence-corrected chi connectivity index (χ0v) is 28.5. The highest BCUT2D eigenvalue weighted by molar-refractivity contribution is 5.85. The minimum Gasteiger partial charge on any atom is -0.462 e. The molecule has 5 aliphatic carbocycles. The number of aliphatic hydroxyl groups excluding tert-OH is 2. The summed E-state index contributed by atoms with van der Waals surface area (Å²) < 4.78 is 30.0. The monoisotopic (exact) mass is 660 g/mol. The van der Waals surface area contributed by atoms with Crippen molar-refractivity contribution in [2.75, 3.05) is 0 Å². The third kappa shape index (κ3) is 3.90. The molecule has 260 valence electrons. The lowest BCUT2D eigenvalue weighted by Gasteiger charge is -2.67. The van der Waals surface area contributed by atoms with Crippen molar-refractivity contribution in [3.63, 3.8) is 0 Å². The summed E-state index contributed by atoms with van der Waals surface area (Å²) in [5.41, 5.74) is -5.23. The Balaban J connectivity index is 1.46. The number of rotatable bonds is 3. The van der Waals surface area contributed by atoms with Gasteiger partial charge < -0.3 is 39.0 Å². The van der Waals surface area contributed by atoms with Gasteiger partial charge in [-0.2, -0.15) is 0 Å². The van der Waals surface area contributed by atoms with E-state index in [9.17, 15) is 34.5 Å². The standard InChI is InChI=1S/C35H48O12/c1-12-10-19-34(8,35(9,42)31(41)47-19)24-21(12)33(7)23(26(24)40)20-22(13(2)29(33)44-15(4)37)32(6)17(27(25(20)39)43-14(3)36)11-18-28(46-18)30(32)45-16(5)38/h10,12-13,17-18,20-30,39-40,42H,11H2,1-9H3/t12-,13+,17-,18+,20-,21+,22+,23-,24+,25-,26-,27+,28+,29+,30+,32+,33-,34+,35-/m1/s1. The van der Waals surface area contributed by atoms with Crippen LogP contribution in [0.25, 0.3) is 0 Å². The number of esters is 4. The largest absolute Gasteiger partial charge is 0.462 e. The van der Waals surface area contributed by atoms with Crippen LogP contribution in [0, 0.1) is 63.6 Å². The maximum atomic E-state index is 13.1. The first-order valence-corrected chi connectivity index (χ1v) is 17.0. The van der Waals surface area contributed by atoms with Gasteiger partial charge in [0, 0.05) is 49.4 Å². The molecule has 12 heteroatoms. The molecule has 7 rings (SSSR count). The number of allylic oxidation sites excluding steroid dienone is 1. The van der Waals surface area contributed by atoms with Crippen LogP contribution in [0.3, 0.4) is 0 Å². The van der Waals surface area contributed by atoms with E-state index in [4.69, 9.17) is 23.7 Å². The molecule has 2 heterocycles. The van der Waals surface area contributed by atoms with Gasteiger partial charge in [-0.05, 0) is 55.9 Å². The first kappa shape index (κ1) is 33.0. The predicted octanol–water partition coefficient (Wildman–Crippen LogP) is 1.91. The molecule has 0 amide bonds. The average Bonchev–Trinajstić information content (AvgIpc) is 3.65. The molecule has 0 aromatic carbocycles. The lowest BCUT2D eigenvalue weighted by atomic mass is 9.39. The van der Waals surface area contributed by atoms with E-state index in [0.29, 0.717) is 12.2 Å². The molecule has 0 aromatic heterocycles. The molecule has 0 spiro atoms. The van der Waals surface area contributed by atoms with Crippen molar-refractivity contribution in [1.29, 1.82) is 0 Å². The van der Waals surface area contributed by atoms with Gasteiger partial charge in [-0.15, -0.1) is 0 Å². The third-order valence-electron chi connectivity index (χ3n) is 14.4. The summed E-state index contributed by atoms with van der Waals surface area (Å²) in [5.74, 6) is -6.44. The van der Waals surface area contributed by atoms with Gasteiger partial charge in [0.15, 0.2) is 5.60 Å². The zero-order valence-electron chi connectivity index (χ0n) is 28.5. The summed E-state index contributed by atoms with van der Waals surface area (Å²) in [5, 5.41) is 37.0. The molecule has 19 atom stereocenters. The quantitative estimate of drug-likeness (QED) is 0.228. The number of aliphatic hydroxyl groups is 3. The molecule has 6 fully saturated rings. The molecule has 7 aliphatic rings. The Morgan fingerprint density at radius 1 is 0.830 bits per heavy atom. The smallest absolute Gasteiger partial charge is 0.343 e. The molecule has 12 nitrogen and oxygen atoms in total. The van der Waals surface area contributed by atoms with E-state index >= 15 is 0 Å². The zero-order chi connectivity index (χ0) is 34.5. The predicted molar refractivity (Wildman–Crippen MR) is 160 cm³/mol. The summed E-state index contributed by atoms with van der Waals surface area (Å²) in [6.45, 7) is 15.0. The van der Waals surface area contributed by atoms with Gasteiger partial charge in [-0.3, -0.25) is 14.4 Å². The summed E-state index contributed by atoms with van der Waals surface area (Å²) in [6.07, 6.45) is -3.31. The minimum atomic E-state index is -1.97. The topological polar surface area (TPSA) is 178 Å². The normalized spacial score (nSPS) is 56.6. The highest BCUT2D eigenvalue weighted by atomic mass is 16.6. The van der Waals surface area contributed by atoms with Crippen LogP contribution < -0.4 is 0 Å². The molecule has 2 aliphatic heterocycles. The lowest BCUT2D eigenvalue weighted by molar-refractivity contribution is -0.286. The van der Waals surface area contributed by atoms with Crippen LogP contribution in [-0.2, 0) is 42.9 Å². The SMILES string of the molecule is CC(=O)O[C@@H]1[C@H](O)[C@H]2[C@@H]3[C@@H](O)[C@@H]4[C@H]([C@H](C)C=C5OC(=O)[C@@](C)(O)[C@@]54C)[C@@]3(C)[C@@H](OC(C)=O)[C@@H](C)[C@@H]2[C@]2(C)[C@@H]1C[C@@H]1O[C@@H]1[C@@H]2OC(C)=O. The number of hydrogen-bond donors (Lipinski definition) is 3. The molecule has 3 N–H and O–H groups in total. The van der Waals surface area contributed by atoms with Crippen molar-refractivity contribution >= 4 is 23.9 Å². The summed E-state index contributed by atoms with van der Waals surface area (Å²) in [7, 11) is 0. The van der Waals surface area contributed by atoms with Gasteiger partial charge >= 0.3 is 23.9 Å². The Hall–Kier alpha value is -2.54. The van der Waals surface area contributed by atoms with E-state index in [1.54, 1.807) is 6.92 Å². The Bertz CT molecular complexity index is 1460. The number of carbonyl (C=O) groups is 4. The van der Waals surface area contributed by atoms with Crippen LogP contribution in [0.4, 0.5) is 0 Å². The second-order valence-electron chi connectivity index (χ2n) is 16.4. The molecule has 4 saturated carbocycles. The van der Waals surface area contributed by atoms with Gasteiger partial charge in [-0.25, -0.2) is 4.79 Å². The van der Waals surface area contributed by atoms with Crippen molar-refractivity contribution in [3.8, 4) is 0 Å². The molecule has 0 unspecified atom stereocenters. The summed E-state index contributed by atoms with van der Waals surface area (Å²) in [4.78, 5) is 51.3. The first-order chi connectivity index (χ1) is 21.7. The van der Waals surface area contributed by atoms with Crippen molar-refractivity contribution in [3.05, 3.63) is 11.8 Å². The van der Waals surface area contributed by atoms with Crippen LogP contribution in [0.5, 0.6) is 0 Å². The second kappa shape index (κ2) is 10.0. The summed E-state index contributed by atoms with van der Waals surface area (Å²) in [6, 6.07) is 0. The van der Waals surface area contributed by atoms with Crippen molar-refractivity contribution in [2.45, 2.75) is 117 Å². The number of fused-ring (bicyclic) bond motifs is 10. The van der Waals surface area contributed by atoms with E-state index in [0.717, 1.165) is 0 Å². The maximum absolute atomic E-state index is 13.1. The minimum absolute atomic E-state index is 0.236. The number of ether oxygens (including phenoxy) is 5. The molecular weight excluding hydrogens is 612 g/mol. The van der Waals surface area contributed by atoms with Crippen molar-refractivity contribution in [1.82, 2.24) is 0 Å². The van der Waals surface area contributed by atoms with Gasteiger partial charge in [0.2, 0.25) is 0 Å². The molecule has 47 heavy (non-hydrogen) atoms. The van der Waals surface area contributed by atoms with Gasteiger partial charge in [-0.1, -0.05) is 27.7 Å². The fraction of sp³-hybridized carbons (Fsp3) is 0.829.